The summed E-state index contributed by atoms with van der Waals surface area (Å²) >= 11 is 0. The van der Waals surface area contributed by atoms with Gasteiger partial charge in [0.25, 0.3) is 0 Å². The minimum Gasteiger partial charge on any atom is -0.302 e. The largest absolute Gasteiger partial charge is 0.302 e. The quantitative estimate of drug-likeness (QED) is 0.446. The van der Waals surface area contributed by atoms with Crippen LogP contribution in [0.2, 0.25) is 0 Å². The highest BCUT2D eigenvalue weighted by atomic mass is 16.2. The number of amides is 1. The number of carbonyl (C=O) groups excluding carboxylic acids is 1. The van der Waals surface area contributed by atoms with E-state index >= 15 is 0 Å². The molecule has 0 bridgehead atoms. The first-order valence-corrected chi connectivity index (χ1v) is 6.40. The Morgan fingerprint density at radius 2 is 1.94 bits per heavy atom. The van der Waals surface area contributed by atoms with Crippen LogP contribution in [-0.4, -0.2) is 30.4 Å². The number of rotatable bonds is 3. The van der Waals surface area contributed by atoms with Crippen molar-refractivity contribution in [2.75, 3.05) is 19.6 Å². The van der Waals surface area contributed by atoms with E-state index in [0.717, 1.165) is 25.6 Å². The zero-order valence-corrected chi connectivity index (χ0v) is 11.8. The molecule has 1 aliphatic rings. The summed E-state index contributed by atoms with van der Waals surface area (Å²) in [5, 5.41) is 0. The van der Waals surface area contributed by atoms with E-state index in [1.54, 1.807) is 0 Å². The van der Waals surface area contributed by atoms with E-state index in [1.165, 1.54) is 6.42 Å². The molecular weight excluding hydrogens is 214 g/mol. The van der Waals surface area contributed by atoms with Crippen molar-refractivity contribution in [2.45, 2.75) is 41.0 Å². The normalized spacial score (nSPS) is 22.8. The van der Waals surface area contributed by atoms with Crippen LogP contribution in [0.3, 0.4) is 0 Å². The Morgan fingerprint density at radius 3 is 2.35 bits per heavy atom. The van der Waals surface area contributed by atoms with E-state index in [2.05, 4.69) is 31.1 Å². The molecule has 1 heterocycles. The number of hydrogen-bond acceptors (Lipinski definition) is 3. The molecular formula is C13H27N3O. The number of hydrazine groups is 1. The number of hydrogen-bond donors (Lipinski definition) is 2. The second kappa shape index (κ2) is 4.94. The lowest BCUT2D eigenvalue weighted by Gasteiger charge is -2.30. The van der Waals surface area contributed by atoms with Crippen LogP contribution in [0.1, 0.15) is 41.0 Å². The van der Waals surface area contributed by atoms with Gasteiger partial charge in [0.15, 0.2) is 0 Å². The lowest BCUT2D eigenvalue weighted by atomic mass is 9.80. The zero-order chi connectivity index (χ0) is 13.3. The Labute approximate surface area is 105 Å². The van der Waals surface area contributed by atoms with Crippen LogP contribution in [0.5, 0.6) is 0 Å². The Bertz CT molecular complexity index is 281. The van der Waals surface area contributed by atoms with Gasteiger partial charge in [0.2, 0.25) is 5.91 Å². The summed E-state index contributed by atoms with van der Waals surface area (Å²) in [6.45, 7) is 13.7. The summed E-state index contributed by atoms with van der Waals surface area (Å²) in [7, 11) is 0. The van der Waals surface area contributed by atoms with Crippen molar-refractivity contribution in [1.82, 2.24) is 10.3 Å². The molecule has 1 aliphatic heterocycles. The van der Waals surface area contributed by atoms with Crippen molar-refractivity contribution in [3.05, 3.63) is 0 Å². The van der Waals surface area contributed by atoms with Gasteiger partial charge in [-0.05, 0) is 38.1 Å². The van der Waals surface area contributed by atoms with Crippen LogP contribution in [0.15, 0.2) is 0 Å². The highest BCUT2D eigenvalue weighted by Gasteiger charge is 2.36. The van der Waals surface area contributed by atoms with E-state index in [-0.39, 0.29) is 5.91 Å². The minimum absolute atomic E-state index is 0.0864. The number of nitrogens with two attached hydrogens (primary N) is 1. The van der Waals surface area contributed by atoms with Crippen molar-refractivity contribution >= 4 is 5.91 Å². The Balaban J connectivity index is 2.53. The molecule has 0 radical (unpaired) electrons. The summed E-state index contributed by atoms with van der Waals surface area (Å²) < 4.78 is 0. The fourth-order valence-electron chi connectivity index (χ4n) is 2.51. The molecule has 17 heavy (non-hydrogen) atoms. The Morgan fingerprint density at radius 1 is 1.35 bits per heavy atom. The average Bonchev–Trinajstić information content (AvgIpc) is 2.63. The van der Waals surface area contributed by atoms with Gasteiger partial charge >= 0.3 is 0 Å². The SMILES string of the molecule is CC(C)(CN1CCC(C(C)(C)C)C1)C(=O)NN. The molecule has 0 spiro atoms. The summed E-state index contributed by atoms with van der Waals surface area (Å²) in [4.78, 5) is 14.0. The second-order valence-corrected chi connectivity index (χ2v) is 6.94. The van der Waals surface area contributed by atoms with Gasteiger partial charge < -0.3 is 4.90 Å². The first-order valence-electron chi connectivity index (χ1n) is 6.40. The number of nitrogens with one attached hydrogen (secondary N) is 1. The van der Waals surface area contributed by atoms with E-state index in [1.807, 2.05) is 13.8 Å². The summed E-state index contributed by atoms with van der Waals surface area (Å²) in [5.41, 5.74) is 2.20. The molecule has 3 N–H and O–H groups in total. The molecule has 0 aromatic heterocycles. The first-order chi connectivity index (χ1) is 7.66. The Kier molecular flexibility index (Phi) is 4.20. The first kappa shape index (κ1) is 14.5. The van der Waals surface area contributed by atoms with Crippen LogP contribution in [0.25, 0.3) is 0 Å². The van der Waals surface area contributed by atoms with Crippen molar-refractivity contribution in [3.63, 3.8) is 0 Å². The van der Waals surface area contributed by atoms with Gasteiger partial charge in [0.05, 0.1) is 5.41 Å². The highest BCUT2D eigenvalue weighted by Crippen LogP contribution is 2.34. The van der Waals surface area contributed by atoms with Crippen molar-refractivity contribution in [2.24, 2.45) is 22.6 Å². The van der Waals surface area contributed by atoms with Crippen molar-refractivity contribution in [1.29, 1.82) is 0 Å². The van der Waals surface area contributed by atoms with E-state index < -0.39 is 5.41 Å². The highest BCUT2D eigenvalue weighted by molar-refractivity contribution is 5.81. The fraction of sp³-hybridized carbons (Fsp3) is 0.923. The topological polar surface area (TPSA) is 58.4 Å². The third kappa shape index (κ3) is 3.68. The molecule has 1 atom stereocenters. The van der Waals surface area contributed by atoms with Gasteiger partial charge in [-0.25, -0.2) is 5.84 Å². The van der Waals surface area contributed by atoms with Crippen LogP contribution in [0, 0.1) is 16.7 Å². The summed E-state index contributed by atoms with van der Waals surface area (Å²) in [6.07, 6.45) is 1.23. The van der Waals surface area contributed by atoms with Crippen LogP contribution in [-0.2, 0) is 4.79 Å². The van der Waals surface area contributed by atoms with Gasteiger partial charge in [-0.2, -0.15) is 0 Å². The van der Waals surface area contributed by atoms with Gasteiger partial charge in [0.1, 0.15) is 0 Å². The lowest BCUT2D eigenvalue weighted by Crippen LogP contribution is -2.47. The lowest BCUT2D eigenvalue weighted by molar-refractivity contribution is -0.130. The predicted octanol–water partition coefficient (Wildman–Crippen LogP) is 1.37. The predicted molar refractivity (Wildman–Crippen MR) is 70.1 cm³/mol. The molecule has 1 rings (SSSR count). The third-order valence-electron chi connectivity index (χ3n) is 3.86. The van der Waals surface area contributed by atoms with E-state index in [9.17, 15) is 4.79 Å². The summed E-state index contributed by atoms with van der Waals surface area (Å²) in [6, 6.07) is 0. The van der Waals surface area contributed by atoms with Crippen LogP contribution < -0.4 is 11.3 Å². The molecule has 1 amide bonds. The maximum absolute atomic E-state index is 11.6. The maximum atomic E-state index is 11.6. The molecule has 0 aliphatic carbocycles. The molecule has 4 nitrogen and oxygen atoms in total. The minimum atomic E-state index is -0.415. The number of nitrogens with zero attached hydrogens (tertiary/aromatic N) is 1. The van der Waals surface area contributed by atoms with Gasteiger partial charge in [0, 0.05) is 13.1 Å². The standard InChI is InChI=1S/C13H27N3O/c1-12(2,3)10-6-7-16(8-10)9-13(4,5)11(17)15-14/h10H,6-9,14H2,1-5H3,(H,15,17). The molecule has 1 unspecified atom stereocenters. The molecule has 1 saturated heterocycles. The van der Waals surface area contributed by atoms with E-state index in [0.29, 0.717) is 5.41 Å². The van der Waals surface area contributed by atoms with Gasteiger partial charge in [-0.1, -0.05) is 20.8 Å². The van der Waals surface area contributed by atoms with Gasteiger partial charge in [-0.3, -0.25) is 10.2 Å². The molecule has 0 aromatic rings. The smallest absolute Gasteiger partial charge is 0.240 e. The molecule has 0 saturated carbocycles. The molecule has 1 fully saturated rings. The Hall–Kier alpha value is -0.610. The zero-order valence-electron chi connectivity index (χ0n) is 11.8. The third-order valence-corrected chi connectivity index (χ3v) is 3.86. The van der Waals surface area contributed by atoms with Crippen LogP contribution >= 0.6 is 0 Å². The number of likely N-dealkylation sites (tertiary alicyclic amines) is 1. The molecule has 0 aromatic carbocycles. The second-order valence-electron chi connectivity index (χ2n) is 6.94. The van der Waals surface area contributed by atoms with E-state index in [4.69, 9.17) is 5.84 Å². The monoisotopic (exact) mass is 241 g/mol. The summed E-state index contributed by atoms with van der Waals surface area (Å²) in [5.74, 6) is 5.85. The van der Waals surface area contributed by atoms with Crippen LogP contribution in [0.4, 0.5) is 0 Å². The van der Waals surface area contributed by atoms with Crippen molar-refractivity contribution in [3.8, 4) is 0 Å². The maximum Gasteiger partial charge on any atom is 0.240 e. The van der Waals surface area contributed by atoms with Crippen molar-refractivity contribution < 1.29 is 4.79 Å². The average molecular weight is 241 g/mol. The number of carbonyl (C=O) groups is 1. The van der Waals surface area contributed by atoms with Gasteiger partial charge in [-0.15, -0.1) is 0 Å². The fourth-order valence-corrected chi connectivity index (χ4v) is 2.51. The molecule has 4 heteroatoms. The molecule has 100 valence electrons.